The van der Waals surface area contributed by atoms with Gasteiger partial charge in [0.25, 0.3) is 5.91 Å². The first kappa shape index (κ1) is 14.5. The Morgan fingerprint density at radius 2 is 1.95 bits per heavy atom. The molecular weight excluding hydrogens is 292 g/mol. The van der Waals surface area contributed by atoms with E-state index in [1.54, 1.807) is 42.5 Å². The summed E-state index contributed by atoms with van der Waals surface area (Å²) >= 11 is 10.9. The summed E-state index contributed by atoms with van der Waals surface area (Å²) in [6, 6.07) is 12.3. The Morgan fingerprint density at radius 1 is 1.25 bits per heavy atom. The highest BCUT2D eigenvalue weighted by atomic mass is 35.5. The molecule has 5 heteroatoms. The van der Waals surface area contributed by atoms with Crippen LogP contribution in [0.2, 0.25) is 5.02 Å². The van der Waals surface area contributed by atoms with Crippen molar-refractivity contribution in [3.8, 4) is 0 Å². The van der Waals surface area contributed by atoms with Crippen molar-refractivity contribution in [3.63, 3.8) is 0 Å². The molecule has 2 aromatic carbocycles. The molecule has 0 aliphatic carbocycles. The molecule has 0 aromatic heterocycles. The predicted octanol–water partition coefficient (Wildman–Crippen LogP) is 3.53. The lowest BCUT2D eigenvalue weighted by atomic mass is 10.1. The van der Waals surface area contributed by atoms with Crippen molar-refractivity contribution in [1.82, 2.24) is 0 Å². The van der Waals surface area contributed by atoms with Gasteiger partial charge in [0.2, 0.25) is 0 Å². The molecule has 0 heterocycles. The molecule has 0 saturated carbocycles. The standard InChI is InChI=1S/C15H13ClN2OS/c1-9-12(6-3-7-13(9)16)15(19)18-11-5-2-4-10(8-11)14(17)20/h2-8H,1H3,(H2,17,20)(H,18,19). The van der Waals surface area contributed by atoms with E-state index in [0.29, 0.717) is 26.8 Å². The maximum absolute atomic E-state index is 12.2. The maximum Gasteiger partial charge on any atom is 0.255 e. The van der Waals surface area contributed by atoms with E-state index in [1.807, 2.05) is 6.92 Å². The molecule has 1 amide bonds. The topological polar surface area (TPSA) is 55.1 Å². The monoisotopic (exact) mass is 304 g/mol. The second-order valence-electron chi connectivity index (χ2n) is 4.31. The van der Waals surface area contributed by atoms with E-state index in [0.717, 1.165) is 5.56 Å². The highest BCUT2D eigenvalue weighted by molar-refractivity contribution is 7.80. The third kappa shape index (κ3) is 3.15. The molecule has 102 valence electrons. The van der Waals surface area contributed by atoms with Gasteiger partial charge in [0.05, 0.1) is 0 Å². The van der Waals surface area contributed by atoms with Crippen molar-refractivity contribution in [2.75, 3.05) is 5.32 Å². The maximum atomic E-state index is 12.2. The molecule has 0 unspecified atom stereocenters. The largest absolute Gasteiger partial charge is 0.389 e. The zero-order chi connectivity index (χ0) is 14.7. The molecule has 0 bridgehead atoms. The van der Waals surface area contributed by atoms with Crippen LogP contribution < -0.4 is 11.1 Å². The van der Waals surface area contributed by atoms with Gasteiger partial charge in [-0.25, -0.2) is 0 Å². The highest BCUT2D eigenvalue weighted by Gasteiger charge is 2.11. The smallest absolute Gasteiger partial charge is 0.255 e. The Bertz CT molecular complexity index is 685. The van der Waals surface area contributed by atoms with Gasteiger partial charge in [0, 0.05) is 21.8 Å². The van der Waals surface area contributed by atoms with Crippen LogP contribution in [0.5, 0.6) is 0 Å². The van der Waals surface area contributed by atoms with Crippen molar-refractivity contribution < 1.29 is 4.79 Å². The van der Waals surface area contributed by atoms with E-state index in [2.05, 4.69) is 5.32 Å². The second kappa shape index (κ2) is 6.03. The number of nitrogens with two attached hydrogens (primary N) is 1. The summed E-state index contributed by atoms with van der Waals surface area (Å²) in [4.78, 5) is 12.5. The molecule has 3 nitrogen and oxygen atoms in total. The van der Waals surface area contributed by atoms with E-state index in [1.165, 1.54) is 0 Å². The Labute approximate surface area is 127 Å². The number of thiocarbonyl (C=S) groups is 1. The average Bonchev–Trinajstić information content (AvgIpc) is 2.42. The van der Waals surface area contributed by atoms with Gasteiger partial charge in [-0.05, 0) is 36.8 Å². The number of anilines is 1. The first-order valence-corrected chi connectivity index (χ1v) is 6.74. The lowest BCUT2D eigenvalue weighted by Gasteiger charge is -2.09. The number of halogens is 1. The number of nitrogens with one attached hydrogen (secondary N) is 1. The lowest BCUT2D eigenvalue weighted by molar-refractivity contribution is 0.102. The molecule has 0 fully saturated rings. The number of carbonyl (C=O) groups excluding carboxylic acids is 1. The van der Waals surface area contributed by atoms with Gasteiger partial charge in [-0.2, -0.15) is 0 Å². The number of benzene rings is 2. The number of rotatable bonds is 3. The average molecular weight is 305 g/mol. The molecule has 0 aliphatic heterocycles. The molecular formula is C15H13ClN2OS. The van der Waals surface area contributed by atoms with Crippen molar-refractivity contribution in [3.05, 3.63) is 64.2 Å². The van der Waals surface area contributed by atoms with Crippen LogP contribution in [0.25, 0.3) is 0 Å². The minimum absolute atomic E-state index is 0.218. The summed E-state index contributed by atoms with van der Waals surface area (Å²) < 4.78 is 0. The Morgan fingerprint density at radius 3 is 2.65 bits per heavy atom. The van der Waals surface area contributed by atoms with Gasteiger partial charge in [-0.1, -0.05) is 42.0 Å². The second-order valence-corrected chi connectivity index (χ2v) is 5.16. The molecule has 0 radical (unpaired) electrons. The van der Waals surface area contributed by atoms with E-state index in [9.17, 15) is 4.79 Å². The predicted molar refractivity (Wildman–Crippen MR) is 86.5 cm³/mol. The van der Waals surface area contributed by atoms with Gasteiger partial charge in [0.1, 0.15) is 4.99 Å². The number of amides is 1. The molecule has 20 heavy (non-hydrogen) atoms. The number of hydrogen-bond donors (Lipinski definition) is 2. The van der Waals surface area contributed by atoms with Crippen LogP contribution in [-0.4, -0.2) is 10.9 Å². The van der Waals surface area contributed by atoms with Gasteiger partial charge in [0.15, 0.2) is 0 Å². The first-order chi connectivity index (χ1) is 9.49. The van der Waals surface area contributed by atoms with Crippen LogP contribution in [0.4, 0.5) is 5.69 Å². The first-order valence-electron chi connectivity index (χ1n) is 5.95. The van der Waals surface area contributed by atoms with Crippen molar-refractivity contribution in [2.45, 2.75) is 6.92 Å². The Hall–Kier alpha value is -1.91. The van der Waals surface area contributed by atoms with Crippen LogP contribution >= 0.6 is 23.8 Å². The molecule has 2 aromatic rings. The SMILES string of the molecule is Cc1c(Cl)cccc1C(=O)Nc1cccc(C(N)=S)c1. The van der Waals surface area contributed by atoms with Crippen molar-refractivity contribution in [2.24, 2.45) is 5.73 Å². The van der Waals surface area contributed by atoms with Gasteiger partial charge >= 0.3 is 0 Å². The summed E-state index contributed by atoms with van der Waals surface area (Å²) in [6.45, 7) is 1.81. The summed E-state index contributed by atoms with van der Waals surface area (Å²) in [5.41, 5.74) is 8.20. The fourth-order valence-electron chi connectivity index (χ4n) is 1.80. The summed E-state index contributed by atoms with van der Waals surface area (Å²) in [6.07, 6.45) is 0. The lowest BCUT2D eigenvalue weighted by Crippen LogP contribution is -2.15. The Kier molecular flexibility index (Phi) is 4.37. The van der Waals surface area contributed by atoms with E-state index in [-0.39, 0.29) is 5.91 Å². The summed E-state index contributed by atoms with van der Waals surface area (Å²) in [5.74, 6) is -0.218. The minimum atomic E-state index is -0.218. The summed E-state index contributed by atoms with van der Waals surface area (Å²) in [7, 11) is 0. The van der Waals surface area contributed by atoms with Gasteiger partial charge < -0.3 is 11.1 Å². The third-order valence-electron chi connectivity index (χ3n) is 2.92. The molecule has 3 N–H and O–H groups in total. The quantitative estimate of drug-likeness (QED) is 0.853. The normalized spacial score (nSPS) is 10.1. The van der Waals surface area contributed by atoms with Crippen LogP contribution in [0.15, 0.2) is 42.5 Å². The summed E-state index contributed by atoms with van der Waals surface area (Å²) in [5, 5.41) is 3.37. The van der Waals surface area contributed by atoms with Gasteiger partial charge in [-0.15, -0.1) is 0 Å². The number of hydrogen-bond acceptors (Lipinski definition) is 2. The highest BCUT2D eigenvalue weighted by Crippen LogP contribution is 2.20. The molecule has 2 rings (SSSR count). The van der Waals surface area contributed by atoms with Crippen molar-refractivity contribution in [1.29, 1.82) is 0 Å². The van der Waals surface area contributed by atoms with E-state index in [4.69, 9.17) is 29.6 Å². The molecule has 0 spiro atoms. The minimum Gasteiger partial charge on any atom is -0.389 e. The third-order valence-corrected chi connectivity index (χ3v) is 3.56. The molecule has 0 atom stereocenters. The van der Waals surface area contributed by atoms with Crippen molar-refractivity contribution >= 4 is 40.4 Å². The van der Waals surface area contributed by atoms with E-state index < -0.39 is 0 Å². The van der Waals surface area contributed by atoms with Gasteiger partial charge in [-0.3, -0.25) is 4.79 Å². The zero-order valence-corrected chi connectivity index (χ0v) is 12.4. The fourth-order valence-corrected chi connectivity index (χ4v) is 2.10. The van der Waals surface area contributed by atoms with Crippen LogP contribution in [-0.2, 0) is 0 Å². The van der Waals surface area contributed by atoms with E-state index >= 15 is 0 Å². The molecule has 0 saturated heterocycles. The van der Waals surface area contributed by atoms with Crippen LogP contribution in [0.1, 0.15) is 21.5 Å². The van der Waals surface area contributed by atoms with Crippen LogP contribution in [0, 0.1) is 6.92 Å². The Balaban J connectivity index is 2.26. The molecule has 0 aliphatic rings. The number of carbonyl (C=O) groups is 1. The zero-order valence-electron chi connectivity index (χ0n) is 10.8. The van der Waals surface area contributed by atoms with Crippen LogP contribution in [0.3, 0.4) is 0 Å². The fraction of sp³-hybridized carbons (Fsp3) is 0.0667.